The molecule has 14 nitrogen and oxygen atoms in total. The first-order chi connectivity index (χ1) is 17.7. The van der Waals surface area contributed by atoms with Crippen molar-refractivity contribution in [1.82, 2.24) is 40.6 Å². The van der Waals surface area contributed by atoms with Crippen LogP contribution in [0.15, 0.2) is 16.9 Å². The van der Waals surface area contributed by atoms with Crippen molar-refractivity contribution in [2.45, 2.75) is 62.7 Å². The monoisotopic (exact) mass is 533 g/mol. The third kappa shape index (κ3) is 4.70. The summed E-state index contributed by atoms with van der Waals surface area (Å²) >= 11 is 1.44. The molecule has 3 amide bonds. The summed E-state index contributed by atoms with van der Waals surface area (Å²) in [5.74, 6) is -2.54. The fourth-order valence-corrected chi connectivity index (χ4v) is 7.33. The fourth-order valence-electron chi connectivity index (χ4n) is 5.85. The zero-order valence-electron chi connectivity index (χ0n) is 20.6. The number of aliphatic carboxylic acids is 1. The quantitative estimate of drug-likeness (QED) is 0.270. The summed E-state index contributed by atoms with van der Waals surface area (Å²) in [4.78, 5) is 54.4. The van der Waals surface area contributed by atoms with Crippen molar-refractivity contribution >= 4 is 35.5 Å². The maximum Gasteiger partial charge on any atom is 0.353 e. The third-order valence-electron chi connectivity index (χ3n) is 7.63. The van der Waals surface area contributed by atoms with Crippen LogP contribution in [0.2, 0.25) is 0 Å². The first kappa shape index (κ1) is 25.6. The molecule has 200 valence electrons. The van der Waals surface area contributed by atoms with Crippen molar-refractivity contribution in [2.24, 2.45) is 17.6 Å². The first-order valence-electron chi connectivity index (χ1n) is 12.4. The number of fused-ring (bicyclic) bond motifs is 1. The number of carboxylic acids is 1. The van der Waals surface area contributed by atoms with Crippen LogP contribution in [0.1, 0.15) is 26.7 Å². The second kappa shape index (κ2) is 10.0. The van der Waals surface area contributed by atoms with E-state index in [9.17, 15) is 24.3 Å². The minimum atomic E-state index is -1.15. The van der Waals surface area contributed by atoms with E-state index in [0.717, 1.165) is 6.42 Å². The van der Waals surface area contributed by atoms with Crippen LogP contribution in [0.3, 0.4) is 0 Å². The molecule has 4 aliphatic heterocycles. The standard InChI is InChI=1S/C22H31N9O5S/c1-10-17-16(11(2)26-15(32)8-30-9-25-27-28-30)21(34)31(17)18(22(35)36)19(10)37-13-5-14(24-6-13)20(33)29-4-3-12(23)7-29/h9-14,16-17,24H,3-8,23H2,1-2H3,(H,26,32)(H,35,36)/t10-,11-,12?,13+,14+,16-,17-/m1/s1. The SMILES string of the molecule is C[C@@H](NC(=O)Cn1cnnn1)[C@H]1C(=O)N2C(C(=O)O)=C(S[C@@H]3CN[C@H](C(=O)N4CCC(N)C4)C3)[C@H](C)[C@H]12. The minimum absolute atomic E-state index is 0.00213. The molecule has 1 aromatic rings. The van der Waals surface area contributed by atoms with E-state index in [1.54, 1.807) is 11.8 Å². The smallest absolute Gasteiger partial charge is 0.353 e. The Labute approximate surface area is 217 Å². The van der Waals surface area contributed by atoms with Crippen molar-refractivity contribution in [1.29, 1.82) is 0 Å². The maximum atomic E-state index is 13.1. The van der Waals surface area contributed by atoms with Gasteiger partial charge in [-0.15, -0.1) is 16.9 Å². The van der Waals surface area contributed by atoms with Gasteiger partial charge in [0.2, 0.25) is 17.7 Å². The lowest BCUT2D eigenvalue weighted by atomic mass is 9.78. The van der Waals surface area contributed by atoms with Crippen molar-refractivity contribution in [3.05, 3.63) is 16.9 Å². The molecule has 0 aliphatic carbocycles. The lowest BCUT2D eigenvalue weighted by Crippen LogP contribution is -2.66. The van der Waals surface area contributed by atoms with Gasteiger partial charge in [-0.3, -0.25) is 14.4 Å². The summed E-state index contributed by atoms with van der Waals surface area (Å²) in [5, 5.41) is 26.7. The number of aromatic nitrogens is 4. The summed E-state index contributed by atoms with van der Waals surface area (Å²) in [6.45, 7) is 5.37. The van der Waals surface area contributed by atoms with Crippen LogP contribution in [-0.2, 0) is 25.7 Å². The number of carbonyl (C=O) groups is 4. The Hall–Kier alpha value is -3.04. The van der Waals surface area contributed by atoms with Crippen molar-refractivity contribution < 1.29 is 24.3 Å². The lowest BCUT2D eigenvalue weighted by Gasteiger charge is -2.47. The molecule has 7 atom stereocenters. The Morgan fingerprint density at radius 2 is 2.16 bits per heavy atom. The molecule has 1 unspecified atom stereocenters. The van der Waals surface area contributed by atoms with Crippen molar-refractivity contribution in [3.63, 3.8) is 0 Å². The predicted octanol–water partition coefficient (Wildman–Crippen LogP) is -2.03. The summed E-state index contributed by atoms with van der Waals surface area (Å²) in [7, 11) is 0. The van der Waals surface area contributed by atoms with E-state index in [2.05, 4.69) is 26.2 Å². The maximum absolute atomic E-state index is 13.1. The summed E-state index contributed by atoms with van der Waals surface area (Å²) in [6, 6.07) is -1.17. The van der Waals surface area contributed by atoms with Crippen molar-refractivity contribution in [3.8, 4) is 0 Å². The van der Waals surface area contributed by atoms with E-state index < -0.39 is 17.9 Å². The second-order valence-electron chi connectivity index (χ2n) is 10.2. The number of rotatable bonds is 8. The topological polar surface area (TPSA) is 189 Å². The van der Waals surface area contributed by atoms with Crippen LogP contribution in [0, 0.1) is 11.8 Å². The van der Waals surface area contributed by atoms with Gasteiger partial charge in [0.15, 0.2) is 0 Å². The molecule has 0 radical (unpaired) electrons. The van der Waals surface area contributed by atoms with Gasteiger partial charge in [-0.2, -0.15) is 0 Å². The van der Waals surface area contributed by atoms with Gasteiger partial charge >= 0.3 is 5.97 Å². The van der Waals surface area contributed by atoms with E-state index in [0.29, 0.717) is 31.0 Å². The van der Waals surface area contributed by atoms with Gasteiger partial charge in [-0.05, 0) is 30.2 Å². The number of thioether (sulfide) groups is 1. The Morgan fingerprint density at radius 1 is 1.38 bits per heavy atom. The zero-order valence-corrected chi connectivity index (χ0v) is 21.4. The molecular formula is C22H31N9O5S. The molecule has 0 aromatic carbocycles. The number of hydrogen-bond donors (Lipinski definition) is 4. The van der Waals surface area contributed by atoms with E-state index >= 15 is 0 Å². The van der Waals surface area contributed by atoms with Crippen LogP contribution in [0.5, 0.6) is 0 Å². The molecule has 3 saturated heterocycles. The number of carboxylic acid groups (broad SMARTS) is 1. The van der Waals surface area contributed by atoms with Gasteiger partial charge in [0.25, 0.3) is 0 Å². The fraction of sp³-hybridized carbons (Fsp3) is 0.682. The summed E-state index contributed by atoms with van der Waals surface area (Å²) < 4.78 is 1.28. The average molecular weight is 534 g/mol. The molecule has 5 rings (SSSR count). The number of nitrogens with one attached hydrogen (secondary N) is 2. The molecule has 5 heterocycles. The highest BCUT2D eigenvalue weighted by atomic mass is 32.2. The number of tetrazole rings is 1. The molecule has 15 heteroatoms. The molecule has 4 aliphatic rings. The van der Waals surface area contributed by atoms with Crippen molar-refractivity contribution in [2.75, 3.05) is 19.6 Å². The highest BCUT2D eigenvalue weighted by molar-refractivity contribution is 8.03. The molecule has 0 bridgehead atoms. The van der Waals surface area contributed by atoms with Gasteiger partial charge in [0.05, 0.1) is 18.0 Å². The number of nitrogens with two attached hydrogens (primary N) is 1. The number of likely N-dealkylation sites (tertiary alicyclic amines) is 1. The predicted molar refractivity (Wildman–Crippen MR) is 130 cm³/mol. The van der Waals surface area contributed by atoms with Crippen LogP contribution in [-0.4, -0.2) is 108 Å². The normalized spacial score (nSPS) is 31.9. The highest BCUT2D eigenvalue weighted by Gasteiger charge is 2.60. The van der Waals surface area contributed by atoms with Crippen LogP contribution in [0.25, 0.3) is 0 Å². The lowest BCUT2D eigenvalue weighted by molar-refractivity contribution is -0.158. The Bertz CT molecular complexity index is 1130. The molecule has 3 fully saturated rings. The van der Waals surface area contributed by atoms with Gasteiger partial charge < -0.3 is 31.3 Å². The second-order valence-corrected chi connectivity index (χ2v) is 11.5. The van der Waals surface area contributed by atoms with Crippen LogP contribution < -0.4 is 16.4 Å². The molecule has 5 N–H and O–H groups in total. The number of β-lactam (4-membered cyclic amide) rings is 1. The Kier molecular flexibility index (Phi) is 6.93. The molecular weight excluding hydrogens is 502 g/mol. The minimum Gasteiger partial charge on any atom is -0.477 e. The molecule has 37 heavy (non-hydrogen) atoms. The number of carbonyl (C=O) groups excluding carboxylic acids is 3. The average Bonchev–Trinajstić information content (AvgIpc) is 3.63. The summed E-state index contributed by atoms with van der Waals surface area (Å²) in [6.07, 6.45) is 2.69. The van der Waals surface area contributed by atoms with E-state index in [1.807, 2.05) is 6.92 Å². The van der Waals surface area contributed by atoms with Gasteiger partial charge in [-0.25, -0.2) is 9.48 Å². The van der Waals surface area contributed by atoms with Crippen LogP contribution >= 0.6 is 11.8 Å². The third-order valence-corrected chi connectivity index (χ3v) is 9.15. The van der Waals surface area contributed by atoms with E-state index in [1.165, 1.54) is 27.7 Å². The highest BCUT2D eigenvalue weighted by Crippen LogP contribution is 2.51. The molecule has 1 aromatic heterocycles. The van der Waals surface area contributed by atoms with Gasteiger partial charge in [0, 0.05) is 47.8 Å². The Balaban J connectivity index is 1.23. The van der Waals surface area contributed by atoms with E-state index in [4.69, 9.17) is 5.73 Å². The number of hydrogen-bond acceptors (Lipinski definition) is 10. The summed E-state index contributed by atoms with van der Waals surface area (Å²) in [5.41, 5.74) is 5.95. The van der Waals surface area contributed by atoms with Crippen LogP contribution in [0.4, 0.5) is 0 Å². The van der Waals surface area contributed by atoms with Gasteiger partial charge in [0.1, 0.15) is 18.6 Å². The Morgan fingerprint density at radius 3 is 2.81 bits per heavy atom. The number of nitrogens with zero attached hydrogens (tertiary/aromatic N) is 6. The van der Waals surface area contributed by atoms with E-state index in [-0.39, 0.29) is 59.3 Å². The number of amides is 3. The molecule has 0 saturated carbocycles. The first-order valence-corrected chi connectivity index (χ1v) is 13.3. The zero-order chi connectivity index (χ0) is 26.4. The largest absolute Gasteiger partial charge is 0.477 e. The molecule has 0 spiro atoms. The van der Waals surface area contributed by atoms with Gasteiger partial charge in [-0.1, -0.05) is 6.92 Å².